The van der Waals surface area contributed by atoms with Crippen molar-refractivity contribution in [2.75, 3.05) is 5.75 Å². The van der Waals surface area contributed by atoms with Crippen LogP contribution >= 0.6 is 0 Å². The maximum atomic E-state index is 12.2. The Morgan fingerprint density at radius 1 is 1.21 bits per heavy atom. The molecule has 0 saturated heterocycles. The quantitative estimate of drug-likeness (QED) is 0.783. The summed E-state index contributed by atoms with van der Waals surface area (Å²) in [7, 11) is -3.30. The van der Waals surface area contributed by atoms with Gasteiger partial charge in [0.05, 0.1) is 16.6 Å². The van der Waals surface area contributed by atoms with Crippen LogP contribution in [0.4, 0.5) is 0 Å². The molecule has 0 unspecified atom stereocenters. The molecule has 2 rings (SSSR count). The van der Waals surface area contributed by atoms with Crippen LogP contribution in [0.2, 0.25) is 0 Å². The van der Waals surface area contributed by atoms with Gasteiger partial charge in [0.1, 0.15) is 0 Å². The Bertz CT molecular complexity index is 696. The molecule has 132 valence electrons. The third-order valence-electron chi connectivity index (χ3n) is 4.36. The van der Waals surface area contributed by atoms with E-state index >= 15 is 0 Å². The van der Waals surface area contributed by atoms with E-state index in [1.807, 2.05) is 6.92 Å². The number of sulfone groups is 1. The molecule has 0 heterocycles. The summed E-state index contributed by atoms with van der Waals surface area (Å²) in [6.07, 6.45) is 3.06. The molecule has 0 aromatic heterocycles. The van der Waals surface area contributed by atoms with Gasteiger partial charge in [-0.2, -0.15) is 0 Å². The van der Waals surface area contributed by atoms with Gasteiger partial charge in [0.25, 0.3) is 5.91 Å². The van der Waals surface area contributed by atoms with E-state index in [1.165, 1.54) is 24.3 Å². The molecule has 1 aliphatic rings. The van der Waals surface area contributed by atoms with Crippen LogP contribution in [0, 0.1) is 5.92 Å². The Kier molecular flexibility index (Phi) is 5.99. The fourth-order valence-corrected chi connectivity index (χ4v) is 4.33. The Balaban J connectivity index is 1.98. The Morgan fingerprint density at radius 3 is 2.42 bits per heavy atom. The number of carboxylic acids is 1. The minimum Gasteiger partial charge on any atom is -0.481 e. The summed E-state index contributed by atoms with van der Waals surface area (Å²) in [4.78, 5) is 23.4. The highest BCUT2D eigenvalue weighted by Gasteiger charge is 2.30. The van der Waals surface area contributed by atoms with Crippen molar-refractivity contribution in [3.8, 4) is 0 Å². The molecule has 24 heavy (non-hydrogen) atoms. The van der Waals surface area contributed by atoms with Gasteiger partial charge >= 0.3 is 5.97 Å². The summed E-state index contributed by atoms with van der Waals surface area (Å²) in [5.41, 5.74) is 0.378. The topological polar surface area (TPSA) is 101 Å². The summed E-state index contributed by atoms with van der Waals surface area (Å²) < 4.78 is 24.2. The molecule has 0 spiro atoms. The van der Waals surface area contributed by atoms with Gasteiger partial charge in [-0.3, -0.25) is 9.59 Å². The third-order valence-corrected chi connectivity index (χ3v) is 6.18. The van der Waals surface area contributed by atoms with E-state index in [9.17, 15) is 18.0 Å². The van der Waals surface area contributed by atoms with Gasteiger partial charge in [0, 0.05) is 11.6 Å². The number of rotatable bonds is 7. The highest BCUT2D eigenvalue weighted by molar-refractivity contribution is 7.91. The van der Waals surface area contributed by atoms with Crippen molar-refractivity contribution in [2.45, 2.75) is 50.0 Å². The maximum Gasteiger partial charge on any atom is 0.306 e. The van der Waals surface area contributed by atoms with Crippen molar-refractivity contribution < 1.29 is 23.1 Å². The lowest BCUT2D eigenvalue weighted by Crippen LogP contribution is -2.33. The number of carbonyl (C=O) groups excluding carboxylic acids is 1. The van der Waals surface area contributed by atoms with Crippen LogP contribution in [-0.2, 0) is 14.6 Å². The molecule has 1 aromatic carbocycles. The second-order valence-electron chi connectivity index (χ2n) is 6.22. The van der Waals surface area contributed by atoms with Crippen LogP contribution in [-0.4, -0.2) is 37.2 Å². The second kappa shape index (κ2) is 7.79. The van der Waals surface area contributed by atoms with Crippen molar-refractivity contribution in [3.05, 3.63) is 29.8 Å². The molecule has 6 nitrogen and oxygen atoms in total. The first kappa shape index (κ1) is 18.4. The van der Waals surface area contributed by atoms with E-state index in [0.29, 0.717) is 31.2 Å². The molecule has 0 radical (unpaired) electrons. The molecule has 0 aliphatic heterocycles. The zero-order valence-electron chi connectivity index (χ0n) is 13.7. The standard InChI is InChI=1S/C17H23NO5S/c1-2-3-10-24(22,23)15-8-5-12(6-9-15)16(19)18-14-7-4-13(11-14)17(20)21/h5-6,8-9,13-14H,2-4,7,10-11H2,1H3,(H,18,19)(H,20,21)/t13-,14+/m1/s1. The molecule has 1 fully saturated rings. The van der Waals surface area contributed by atoms with E-state index < -0.39 is 21.7 Å². The first-order chi connectivity index (χ1) is 11.3. The van der Waals surface area contributed by atoms with Crippen LogP contribution in [0.1, 0.15) is 49.4 Å². The Morgan fingerprint density at radius 2 is 1.88 bits per heavy atom. The number of unbranched alkanes of at least 4 members (excludes halogenated alkanes) is 1. The smallest absolute Gasteiger partial charge is 0.306 e. The zero-order valence-corrected chi connectivity index (χ0v) is 14.5. The molecule has 0 bridgehead atoms. The lowest BCUT2D eigenvalue weighted by molar-refractivity contribution is -0.141. The first-order valence-electron chi connectivity index (χ1n) is 8.20. The predicted octanol–water partition coefficient (Wildman–Crippen LogP) is 2.24. The van der Waals surface area contributed by atoms with Crippen molar-refractivity contribution in [1.82, 2.24) is 5.32 Å². The van der Waals surface area contributed by atoms with Crippen molar-refractivity contribution in [2.24, 2.45) is 5.92 Å². The summed E-state index contributed by atoms with van der Waals surface area (Å²) in [6.45, 7) is 1.93. The minimum atomic E-state index is -3.30. The van der Waals surface area contributed by atoms with Crippen LogP contribution in [0.25, 0.3) is 0 Å². The number of hydrogen-bond donors (Lipinski definition) is 2. The van der Waals surface area contributed by atoms with Crippen LogP contribution < -0.4 is 5.32 Å². The second-order valence-corrected chi connectivity index (χ2v) is 8.32. The molecule has 1 aromatic rings. The minimum absolute atomic E-state index is 0.105. The van der Waals surface area contributed by atoms with Crippen molar-refractivity contribution in [1.29, 1.82) is 0 Å². The summed E-state index contributed by atoms with van der Waals surface area (Å²) in [6, 6.07) is 5.75. The molecule has 2 N–H and O–H groups in total. The molecule has 7 heteroatoms. The molecular weight excluding hydrogens is 330 g/mol. The van der Waals surface area contributed by atoms with Gasteiger partial charge in [-0.15, -0.1) is 0 Å². The van der Waals surface area contributed by atoms with Crippen molar-refractivity contribution in [3.63, 3.8) is 0 Å². The normalized spacial score (nSPS) is 20.7. The lowest BCUT2D eigenvalue weighted by atomic mass is 10.1. The molecule has 1 aliphatic carbocycles. The van der Waals surface area contributed by atoms with Gasteiger partial charge in [-0.1, -0.05) is 13.3 Å². The number of carbonyl (C=O) groups is 2. The Hall–Kier alpha value is -1.89. The van der Waals surface area contributed by atoms with Crippen molar-refractivity contribution >= 4 is 21.7 Å². The first-order valence-corrected chi connectivity index (χ1v) is 9.85. The van der Waals surface area contributed by atoms with Gasteiger partial charge < -0.3 is 10.4 Å². The predicted molar refractivity (Wildman–Crippen MR) is 89.6 cm³/mol. The highest BCUT2D eigenvalue weighted by Crippen LogP contribution is 2.26. The van der Waals surface area contributed by atoms with Crippen LogP contribution in [0.3, 0.4) is 0 Å². The van der Waals surface area contributed by atoms with E-state index in [4.69, 9.17) is 5.11 Å². The fraction of sp³-hybridized carbons (Fsp3) is 0.529. The van der Waals surface area contributed by atoms with E-state index in [-0.39, 0.29) is 22.6 Å². The van der Waals surface area contributed by atoms with Gasteiger partial charge in [0.15, 0.2) is 9.84 Å². The fourth-order valence-electron chi connectivity index (χ4n) is 2.87. The number of benzene rings is 1. The van der Waals surface area contributed by atoms with Gasteiger partial charge in [0.2, 0.25) is 0 Å². The number of aliphatic carboxylic acids is 1. The largest absolute Gasteiger partial charge is 0.481 e. The number of amides is 1. The average Bonchev–Trinajstić information content (AvgIpc) is 3.02. The molecule has 2 atom stereocenters. The van der Waals surface area contributed by atoms with Gasteiger partial charge in [-0.25, -0.2) is 8.42 Å². The average molecular weight is 353 g/mol. The summed E-state index contributed by atoms with van der Waals surface area (Å²) in [5.74, 6) is -1.42. The summed E-state index contributed by atoms with van der Waals surface area (Å²) >= 11 is 0. The number of hydrogen-bond acceptors (Lipinski definition) is 4. The number of nitrogens with one attached hydrogen (secondary N) is 1. The summed E-state index contributed by atoms with van der Waals surface area (Å²) in [5, 5.41) is 11.8. The van der Waals surface area contributed by atoms with Crippen LogP contribution in [0.5, 0.6) is 0 Å². The third kappa shape index (κ3) is 4.56. The maximum absolute atomic E-state index is 12.2. The molecule has 1 amide bonds. The molecule has 1 saturated carbocycles. The zero-order chi connectivity index (χ0) is 17.7. The SMILES string of the molecule is CCCCS(=O)(=O)c1ccc(C(=O)N[C@H]2CC[C@@H](C(=O)O)C2)cc1. The Labute approximate surface area is 142 Å². The molecular formula is C17H23NO5S. The highest BCUT2D eigenvalue weighted by atomic mass is 32.2. The van der Waals surface area contributed by atoms with E-state index in [0.717, 1.165) is 6.42 Å². The van der Waals surface area contributed by atoms with Gasteiger partial charge in [-0.05, 0) is 49.9 Å². The van der Waals surface area contributed by atoms with E-state index in [1.54, 1.807) is 0 Å². The monoisotopic (exact) mass is 353 g/mol. The number of carboxylic acid groups (broad SMARTS) is 1. The van der Waals surface area contributed by atoms with E-state index in [2.05, 4.69) is 5.32 Å². The lowest BCUT2D eigenvalue weighted by Gasteiger charge is -2.12. The van der Waals surface area contributed by atoms with Crippen LogP contribution in [0.15, 0.2) is 29.2 Å².